The summed E-state index contributed by atoms with van der Waals surface area (Å²) in [5.74, 6) is 1.14. The molecule has 0 bridgehead atoms. The largest absolute Gasteiger partial charge is 0.397 e. The minimum Gasteiger partial charge on any atom is -0.397 e. The van der Waals surface area contributed by atoms with Gasteiger partial charge in [0.25, 0.3) is 0 Å². The van der Waals surface area contributed by atoms with Crippen molar-refractivity contribution < 1.29 is 4.39 Å². The van der Waals surface area contributed by atoms with Gasteiger partial charge in [-0.25, -0.2) is 14.1 Å². The highest BCUT2D eigenvalue weighted by atomic mass is 79.9. The Labute approximate surface area is 113 Å². The molecule has 0 unspecified atom stereocenters. The molecule has 0 radical (unpaired) electrons. The first-order chi connectivity index (χ1) is 8.56. The molecule has 0 spiro atoms. The fraction of sp³-hybridized carbons (Fsp3) is 0.333. The molecule has 0 aliphatic heterocycles. The third kappa shape index (κ3) is 2.25. The third-order valence-electron chi connectivity index (χ3n) is 2.65. The number of nitrogen functional groups attached to an aromatic ring is 1. The quantitative estimate of drug-likeness (QED) is 0.887. The minimum atomic E-state index is -0.366. The molecule has 0 amide bonds. The summed E-state index contributed by atoms with van der Waals surface area (Å²) in [6.07, 6.45) is 1.45. The lowest BCUT2D eigenvalue weighted by atomic mass is 10.2. The molecule has 2 rings (SSSR count). The van der Waals surface area contributed by atoms with Crippen LogP contribution in [0.3, 0.4) is 0 Å². The molecule has 2 aromatic rings. The summed E-state index contributed by atoms with van der Waals surface area (Å²) >= 11 is 3.11. The monoisotopic (exact) mass is 312 g/mol. The SMILES string of the molecule is CCc1nc(CC)n(-c2cc(F)c(Br)cc2N)n1. The normalized spacial score (nSPS) is 10.9. The van der Waals surface area contributed by atoms with Gasteiger partial charge in [0.05, 0.1) is 15.8 Å². The number of hydrogen-bond acceptors (Lipinski definition) is 3. The maximum Gasteiger partial charge on any atom is 0.151 e. The Kier molecular flexibility index (Phi) is 3.65. The van der Waals surface area contributed by atoms with Gasteiger partial charge in [-0.3, -0.25) is 0 Å². The fourth-order valence-electron chi connectivity index (χ4n) is 1.70. The standard InChI is InChI=1S/C12H14BrFN4/c1-3-11-16-12(4-2)18(17-11)10-6-8(14)7(13)5-9(10)15/h5-6H,3-4,15H2,1-2H3. The summed E-state index contributed by atoms with van der Waals surface area (Å²) < 4.78 is 15.6. The topological polar surface area (TPSA) is 56.7 Å². The predicted octanol–water partition coefficient (Wildman–Crippen LogP) is 2.88. The Hall–Kier alpha value is -1.43. The van der Waals surface area contributed by atoms with Crippen LogP contribution in [0.25, 0.3) is 5.69 Å². The fourth-order valence-corrected chi connectivity index (χ4v) is 2.06. The van der Waals surface area contributed by atoms with E-state index in [2.05, 4.69) is 26.0 Å². The van der Waals surface area contributed by atoms with Gasteiger partial charge in [0.15, 0.2) is 5.82 Å². The van der Waals surface area contributed by atoms with Gasteiger partial charge in [0.2, 0.25) is 0 Å². The van der Waals surface area contributed by atoms with Crippen LogP contribution in [0.5, 0.6) is 0 Å². The third-order valence-corrected chi connectivity index (χ3v) is 3.26. The lowest BCUT2D eigenvalue weighted by molar-refractivity contribution is 0.618. The number of hydrogen-bond donors (Lipinski definition) is 1. The van der Waals surface area contributed by atoms with Crippen molar-refractivity contribution in [1.29, 1.82) is 0 Å². The van der Waals surface area contributed by atoms with Crippen molar-refractivity contribution in [3.63, 3.8) is 0 Å². The number of aromatic nitrogens is 3. The van der Waals surface area contributed by atoms with E-state index in [1.807, 2.05) is 13.8 Å². The second kappa shape index (κ2) is 5.06. The van der Waals surface area contributed by atoms with Crippen LogP contribution in [0.2, 0.25) is 0 Å². The molecular weight excluding hydrogens is 299 g/mol. The Morgan fingerprint density at radius 3 is 2.67 bits per heavy atom. The number of anilines is 1. The van der Waals surface area contributed by atoms with Crippen LogP contribution in [0, 0.1) is 5.82 Å². The van der Waals surface area contributed by atoms with Crippen molar-refractivity contribution in [2.45, 2.75) is 26.7 Å². The van der Waals surface area contributed by atoms with Gasteiger partial charge in [-0.05, 0) is 22.0 Å². The second-order valence-corrected chi connectivity index (χ2v) is 4.74. The molecule has 0 aliphatic rings. The van der Waals surface area contributed by atoms with Crippen molar-refractivity contribution in [3.8, 4) is 5.69 Å². The molecular formula is C12H14BrFN4. The molecule has 1 aromatic carbocycles. The van der Waals surface area contributed by atoms with Gasteiger partial charge in [-0.2, -0.15) is 5.10 Å². The highest BCUT2D eigenvalue weighted by Gasteiger charge is 2.14. The van der Waals surface area contributed by atoms with Crippen molar-refractivity contribution in [1.82, 2.24) is 14.8 Å². The smallest absolute Gasteiger partial charge is 0.151 e. The van der Waals surface area contributed by atoms with Gasteiger partial charge in [0.1, 0.15) is 11.6 Å². The van der Waals surface area contributed by atoms with Crippen molar-refractivity contribution in [3.05, 3.63) is 34.1 Å². The Balaban J connectivity index is 2.60. The Morgan fingerprint density at radius 2 is 2.06 bits per heavy atom. The molecule has 0 saturated carbocycles. The van der Waals surface area contributed by atoms with Gasteiger partial charge in [-0.1, -0.05) is 13.8 Å². The molecule has 96 valence electrons. The molecule has 18 heavy (non-hydrogen) atoms. The van der Waals surface area contributed by atoms with Crippen LogP contribution in [0.1, 0.15) is 25.5 Å². The molecule has 0 fully saturated rings. The van der Waals surface area contributed by atoms with Crippen LogP contribution >= 0.6 is 15.9 Å². The van der Waals surface area contributed by atoms with Crippen LogP contribution in [-0.4, -0.2) is 14.8 Å². The Morgan fingerprint density at radius 1 is 1.33 bits per heavy atom. The maximum absolute atomic E-state index is 13.6. The average Bonchev–Trinajstić information content (AvgIpc) is 2.77. The molecule has 4 nitrogen and oxygen atoms in total. The molecule has 0 aliphatic carbocycles. The summed E-state index contributed by atoms with van der Waals surface area (Å²) in [7, 11) is 0. The highest BCUT2D eigenvalue weighted by molar-refractivity contribution is 9.10. The first kappa shape index (κ1) is 13.0. The molecule has 2 N–H and O–H groups in total. The van der Waals surface area contributed by atoms with E-state index in [4.69, 9.17) is 5.73 Å². The molecule has 0 saturated heterocycles. The van der Waals surface area contributed by atoms with E-state index in [1.54, 1.807) is 4.68 Å². The van der Waals surface area contributed by atoms with Crippen molar-refractivity contribution in [2.75, 3.05) is 5.73 Å². The maximum atomic E-state index is 13.6. The van der Waals surface area contributed by atoms with Crippen LogP contribution in [0.15, 0.2) is 16.6 Å². The average molecular weight is 313 g/mol. The van der Waals surface area contributed by atoms with E-state index in [-0.39, 0.29) is 5.82 Å². The molecule has 1 aromatic heterocycles. The number of nitrogens with zero attached hydrogens (tertiary/aromatic N) is 3. The van der Waals surface area contributed by atoms with Gasteiger partial charge in [0, 0.05) is 18.9 Å². The number of nitrogens with two attached hydrogens (primary N) is 1. The van der Waals surface area contributed by atoms with E-state index >= 15 is 0 Å². The van der Waals surface area contributed by atoms with E-state index in [0.29, 0.717) is 22.3 Å². The summed E-state index contributed by atoms with van der Waals surface area (Å²) in [6.45, 7) is 3.95. The number of rotatable bonds is 3. The summed E-state index contributed by atoms with van der Waals surface area (Å²) in [6, 6.07) is 2.91. The first-order valence-electron chi connectivity index (χ1n) is 5.76. The summed E-state index contributed by atoms with van der Waals surface area (Å²) in [5, 5.41) is 4.34. The number of halogens is 2. The van der Waals surface area contributed by atoms with Crippen LogP contribution < -0.4 is 5.73 Å². The zero-order chi connectivity index (χ0) is 13.3. The van der Waals surface area contributed by atoms with Crippen molar-refractivity contribution in [2.24, 2.45) is 0 Å². The van der Waals surface area contributed by atoms with Crippen LogP contribution in [-0.2, 0) is 12.8 Å². The van der Waals surface area contributed by atoms with Gasteiger partial charge >= 0.3 is 0 Å². The van der Waals surface area contributed by atoms with Crippen LogP contribution in [0.4, 0.5) is 10.1 Å². The predicted molar refractivity (Wildman–Crippen MR) is 72.2 cm³/mol. The van der Waals surface area contributed by atoms with Crippen molar-refractivity contribution >= 4 is 21.6 Å². The second-order valence-electron chi connectivity index (χ2n) is 3.89. The molecule has 1 heterocycles. The van der Waals surface area contributed by atoms with E-state index in [1.165, 1.54) is 12.1 Å². The zero-order valence-corrected chi connectivity index (χ0v) is 11.8. The highest BCUT2D eigenvalue weighted by Crippen LogP contribution is 2.26. The Bertz CT molecular complexity index is 580. The molecule has 0 atom stereocenters. The van der Waals surface area contributed by atoms with Gasteiger partial charge in [-0.15, -0.1) is 0 Å². The van der Waals surface area contributed by atoms with E-state index in [0.717, 1.165) is 18.1 Å². The van der Waals surface area contributed by atoms with Gasteiger partial charge < -0.3 is 5.73 Å². The summed E-state index contributed by atoms with van der Waals surface area (Å²) in [5.41, 5.74) is 6.90. The first-order valence-corrected chi connectivity index (χ1v) is 6.55. The lowest BCUT2D eigenvalue weighted by Gasteiger charge is -2.08. The zero-order valence-electron chi connectivity index (χ0n) is 10.2. The summed E-state index contributed by atoms with van der Waals surface area (Å²) in [4.78, 5) is 4.38. The minimum absolute atomic E-state index is 0.345. The lowest BCUT2D eigenvalue weighted by Crippen LogP contribution is -2.06. The van der Waals surface area contributed by atoms with E-state index in [9.17, 15) is 4.39 Å². The molecule has 6 heteroatoms. The number of aryl methyl sites for hydroxylation is 2. The number of benzene rings is 1. The van der Waals surface area contributed by atoms with E-state index < -0.39 is 0 Å².